The molecule has 84 valence electrons. The van der Waals surface area contributed by atoms with Crippen molar-refractivity contribution in [2.24, 2.45) is 0 Å². The SMILES string of the molecule is Cc1nc(CN2CCNCC2C)sc1C. The van der Waals surface area contributed by atoms with E-state index in [2.05, 4.69) is 36.0 Å². The molecule has 1 fully saturated rings. The Kier molecular flexibility index (Phi) is 3.38. The molecule has 0 saturated carbocycles. The van der Waals surface area contributed by atoms with Crippen molar-refractivity contribution in [3.8, 4) is 0 Å². The maximum absolute atomic E-state index is 4.60. The zero-order valence-corrected chi connectivity index (χ0v) is 10.5. The average molecular weight is 225 g/mol. The Labute approximate surface area is 95.5 Å². The van der Waals surface area contributed by atoms with Crippen molar-refractivity contribution in [2.75, 3.05) is 19.6 Å². The average Bonchev–Trinajstić information content (AvgIpc) is 2.50. The van der Waals surface area contributed by atoms with Crippen molar-refractivity contribution < 1.29 is 0 Å². The highest BCUT2D eigenvalue weighted by atomic mass is 32.1. The quantitative estimate of drug-likeness (QED) is 0.828. The number of nitrogens with one attached hydrogen (secondary N) is 1. The Morgan fingerprint density at radius 1 is 1.53 bits per heavy atom. The first kappa shape index (κ1) is 11.0. The lowest BCUT2D eigenvalue weighted by Gasteiger charge is -2.33. The molecule has 3 nitrogen and oxygen atoms in total. The molecule has 0 spiro atoms. The van der Waals surface area contributed by atoms with Gasteiger partial charge < -0.3 is 5.32 Å². The summed E-state index contributed by atoms with van der Waals surface area (Å²) in [4.78, 5) is 8.46. The van der Waals surface area contributed by atoms with Crippen LogP contribution in [-0.2, 0) is 6.54 Å². The number of rotatable bonds is 2. The molecule has 4 heteroatoms. The fourth-order valence-corrected chi connectivity index (χ4v) is 2.86. The van der Waals surface area contributed by atoms with E-state index in [1.54, 1.807) is 0 Å². The van der Waals surface area contributed by atoms with Gasteiger partial charge in [-0.05, 0) is 20.8 Å². The van der Waals surface area contributed by atoms with Crippen LogP contribution in [0.3, 0.4) is 0 Å². The van der Waals surface area contributed by atoms with E-state index in [9.17, 15) is 0 Å². The van der Waals surface area contributed by atoms with Crippen LogP contribution in [0.1, 0.15) is 22.5 Å². The van der Waals surface area contributed by atoms with E-state index in [0.29, 0.717) is 6.04 Å². The molecule has 1 aliphatic heterocycles. The van der Waals surface area contributed by atoms with E-state index in [0.717, 1.165) is 26.2 Å². The molecule has 1 atom stereocenters. The second-order valence-corrected chi connectivity index (χ2v) is 5.56. The highest BCUT2D eigenvalue weighted by Gasteiger charge is 2.19. The van der Waals surface area contributed by atoms with Gasteiger partial charge in [0.2, 0.25) is 0 Å². The van der Waals surface area contributed by atoms with E-state index in [1.165, 1.54) is 15.6 Å². The number of thiazole rings is 1. The molecule has 2 rings (SSSR count). The van der Waals surface area contributed by atoms with Gasteiger partial charge in [-0.1, -0.05) is 0 Å². The smallest absolute Gasteiger partial charge is 0.107 e. The number of nitrogens with zero attached hydrogens (tertiary/aromatic N) is 2. The Hall–Kier alpha value is -0.450. The molecule has 0 radical (unpaired) electrons. The predicted molar refractivity (Wildman–Crippen MR) is 64.3 cm³/mol. The van der Waals surface area contributed by atoms with E-state index in [4.69, 9.17) is 0 Å². The normalized spacial score (nSPS) is 23.3. The summed E-state index contributed by atoms with van der Waals surface area (Å²) in [5, 5.41) is 4.67. The first-order valence-corrected chi connectivity index (χ1v) is 6.36. The molecule has 0 amide bonds. The Morgan fingerprint density at radius 2 is 2.33 bits per heavy atom. The summed E-state index contributed by atoms with van der Waals surface area (Å²) in [6, 6.07) is 0.628. The third-order valence-electron chi connectivity index (χ3n) is 3.05. The number of piperazine rings is 1. The standard InChI is InChI=1S/C11H19N3S/c1-8-6-12-4-5-14(8)7-11-13-9(2)10(3)15-11/h8,12H,4-7H2,1-3H3. The molecule has 15 heavy (non-hydrogen) atoms. The molecule has 0 bridgehead atoms. The molecule has 1 aromatic rings. The number of aromatic nitrogens is 1. The molecule has 1 unspecified atom stereocenters. The van der Waals surface area contributed by atoms with Gasteiger partial charge in [-0.15, -0.1) is 11.3 Å². The van der Waals surface area contributed by atoms with Crippen molar-refractivity contribution in [1.29, 1.82) is 0 Å². The molecular formula is C11H19N3S. The minimum Gasteiger partial charge on any atom is -0.314 e. The van der Waals surface area contributed by atoms with E-state index < -0.39 is 0 Å². The number of hydrogen-bond acceptors (Lipinski definition) is 4. The number of hydrogen-bond donors (Lipinski definition) is 1. The van der Waals surface area contributed by atoms with Crippen LogP contribution < -0.4 is 5.32 Å². The van der Waals surface area contributed by atoms with Crippen molar-refractivity contribution >= 4 is 11.3 Å². The molecule has 1 aliphatic rings. The topological polar surface area (TPSA) is 28.2 Å². The minimum atomic E-state index is 0.628. The second-order valence-electron chi connectivity index (χ2n) is 4.27. The van der Waals surface area contributed by atoms with Crippen LogP contribution in [0.15, 0.2) is 0 Å². The third kappa shape index (κ3) is 2.56. The van der Waals surface area contributed by atoms with Gasteiger partial charge in [0.15, 0.2) is 0 Å². The van der Waals surface area contributed by atoms with Crippen molar-refractivity contribution in [3.05, 3.63) is 15.6 Å². The molecule has 2 heterocycles. The van der Waals surface area contributed by atoms with Crippen molar-refractivity contribution in [1.82, 2.24) is 15.2 Å². The van der Waals surface area contributed by atoms with Gasteiger partial charge in [0.1, 0.15) is 5.01 Å². The van der Waals surface area contributed by atoms with Crippen LogP contribution in [0.4, 0.5) is 0 Å². The van der Waals surface area contributed by atoms with Crippen LogP contribution in [-0.4, -0.2) is 35.6 Å². The molecule has 1 N–H and O–H groups in total. The molecule has 0 aliphatic carbocycles. The predicted octanol–water partition coefficient (Wildman–Crippen LogP) is 1.55. The first-order chi connectivity index (χ1) is 7.16. The van der Waals surface area contributed by atoms with Gasteiger partial charge in [0, 0.05) is 30.6 Å². The van der Waals surface area contributed by atoms with E-state index in [-0.39, 0.29) is 0 Å². The van der Waals surface area contributed by atoms with Crippen molar-refractivity contribution in [2.45, 2.75) is 33.4 Å². The maximum atomic E-state index is 4.60. The summed E-state index contributed by atoms with van der Waals surface area (Å²) in [5.74, 6) is 0. The molecule has 1 saturated heterocycles. The monoisotopic (exact) mass is 225 g/mol. The Balaban J connectivity index is 2.01. The highest BCUT2D eigenvalue weighted by molar-refractivity contribution is 7.11. The van der Waals surface area contributed by atoms with E-state index >= 15 is 0 Å². The molecular weight excluding hydrogens is 206 g/mol. The fraction of sp³-hybridized carbons (Fsp3) is 0.727. The van der Waals surface area contributed by atoms with Gasteiger partial charge in [0.25, 0.3) is 0 Å². The van der Waals surface area contributed by atoms with Gasteiger partial charge in [-0.2, -0.15) is 0 Å². The van der Waals surface area contributed by atoms with Crippen LogP contribution >= 0.6 is 11.3 Å². The fourth-order valence-electron chi connectivity index (χ4n) is 1.90. The lowest BCUT2D eigenvalue weighted by Crippen LogP contribution is -2.49. The third-order valence-corrected chi connectivity index (χ3v) is 4.11. The van der Waals surface area contributed by atoms with Crippen molar-refractivity contribution in [3.63, 3.8) is 0 Å². The number of aryl methyl sites for hydroxylation is 2. The Bertz CT molecular complexity index is 315. The van der Waals surface area contributed by atoms with Gasteiger partial charge in [0.05, 0.1) is 12.2 Å². The van der Waals surface area contributed by atoms with Crippen LogP contribution in [0.5, 0.6) is 0 Å². The summed E-state index contributed by atoms with van der Waals surface area (Å²) in [5.41, 5.74) is 1.19. The first-order valence-electron chi connectivity index (χ1n) is 5.54. The van der Waals surface area contributed by atoms with E-state index in [1.807, 2.05) is 11.3 Å². The summed E-state index contributed by atoms with van der Waals surface area (Å²) in [7, 11) is 0. The van der Waals surface area contributed by atoms with Crippen LogP contribution in [0.2, 0.25) is 0 Å². The summed E-state index contributed by atoms with van der Waals surface area (Å²) in [6.07, 6.45) is 0. The lowest BCUT2D eigenvalue weighted by molar-refractivity contribution is 0.165. The lowest BCUT2D eigenvalue weighted by atomic mass is 10.2. The zero-order chi connectivity index (χ0) is 10.8. The maximum Gasteiger partial charge on any atom is 0.107 e. The van der Waals surface area contributed by atoms with Crippen LogP contribution in [0.25, 0.3) is 0 Å². The minimum absolute atomic E-state index is 0.628. The Morgan fingerprint density at radius 3 is 2.93 bits per heavy atom. The van der Waals surface area contributed by atoms with Gasteiger partial charge >= 0.3 is 0 Å². The summed E-state index contributed by atoms with van der Waals surface area (Å²) >= 11 is 1.84. The van der Waals surface area contributed by atoms with Crippen LogP contribution in [0, 0.1) is 13.8 Å². The van der Waals surface area contributed by atoms with Gasteiger partial charge in [-0.25, -0.2) is 4.98 Å². The highest BCUT2D eigenvalue weighted by Crippen LogP contribution is 2.19. The van der Waals surface area contributed by atoms with Gasteiger partial charge in [-0.3, -0.25) is 4.90 Å². The molecule has 1 aromatic heterocycles. The largest absolute Gasteiger partial charge is 0.314 e. The second kappa shape index (κ2) is 4.60. The summed E-state index contributed by atoms with van der Waals surface area (Å²) in [6.45, 7) is 10.9. The summed E-state index contributed by atoms with van der Waals surface area (Å²) < 4.78 is 0. The zero-order valence-electron chi connectivity index (χ0n) is 9.71. The molecule has 0 aromatic carbocycles.